The molecule has 0 bridgehead atoms. The van der Waals surface area contributed by atoms with Gasteiger partial charge in [0.1, 0.15) is 19.3 Å². The normalized spacial score (nSPS) is 14.9. The van der Waals surface area contributed by atoms with Crippen LogP contribution in [0.3, 0.4) is 0 Å². The number of phosphoric ester groups is 2. The zero-order chi connectivity index (χ0) is 81.7. The fourth-order valence-corrected chi connectivity index (χ4v) is 11.7. The van der Waals surface area contributed by atoms with Crippen molar-refractivity contribution >= 4 is 39.5 Å². The Bertz CT molecular complexity index is 2990. The Kier molecular flexibility index (Phi) is 77.5. The zero-order valence-electron chi connectivity index (χ0n) is 69.0. The first kappa shape index (κ1) is 105. The van der Waals surface area contributed by atoms with Gasteiger partial charge in [-0.05, 0) is 186 Å². The molecule has 0 aliphatic rings. The molecule has 0 aromatic rings. The van der Waals surface area contributed by atoms with Crippen LogP contribution in [0.4, 0.5) is 0 Å². The average molecular weight is 1600 g/mol. The van der Waals surface area contributed by atoms with Gasteiger partial charge >= 0.3 is 39.5 Å². The van der Waals surface area contributed by atoms with Crippen LogP contribution in [-0.2, 0) is 65.4 Å². The summed E-state index contributed by atoms with van der Waals surface area (Å²) >= 11 is 0. The molecule has 0 saturated heterocycles. The van der Waals surface area contributed by atoms with Gasteiger partial charge < -0.3 is 33.8 Å². The van der Waals surface area contributed by atoms with E-state index in [1.165, 1.54) is 19.3 Å². The first-order valence-electron chi connectivity index (χ1n) is 42.0. The highest BCUT2D eigenvalue weighted by molar-refractivity contribution is 7.47. The van der Waals surface area contributed by atoms with Crippen molar-refractivity contribution in [2.75, 3.05) is 39.6 Å². The Morgan fingerprint density at radius 1 is 0.259 bits per heavy atom. The van der Waals surface area contributed by atoms with E-state index in [1.807, 2.05) is 18.2 Å². The molecule has 630 valence electrons. The third-order valence-corrected chi connectivity index (χ3v) is 18.3. The van der Waals surface area contributed by atoms with Crippen LogP contribution in [0.2, 0.25) is 0 Å². The zero-order valence-corrected chi connectivity index (χ0v) is 70.8. The van der Waals surface area contributed by atoms with Crippen molar-refractivity contribution in [3.8, 4) is 0 Å². The Balaban J connectivity index is 5.57. The van der Waals surface area contributed by atoms with Crippen LogP contribution in [-0.4, -0.2) is 96.7 Å². The number of carbonyl (C=O) groups excluding carboxylic acids is 4. The van der Waals surface area contributed by atoms with Crippen LogP contribution in [0, 0.1) is 0 Å². The van der Waals surface area contributed by atoms with Crippen LogP contribution in [0.5, 0.6) is 0 Å². The molecule has 0 rings (SSSR count). The molecular formula is C93H146O17P2. The summed E-state index contributed by atoms with van der Waals surface area (Å²) in [5, 5.41) is 10.7. The molecule has 19 heteroatoms. The minimum absolute atomic E-state index is 0.0180. The maximum Gasteiger partial charge on any atom is 0.472 e. The molecule has 112 heavy (non-hydrogen) atoms. The summed E-state index contributed by atoms with van der Waals surface area (Å²) in [4.78, 5) is 73.2. The van der Waals surface area contributed by atoms with Crippen molar-refractivity contribution in [2.24, 2.45) is 0 Å². The van der Waals surface area contributed by atoms with E-state index < -0.39 is 97.5 Å². The highest BCUT2D eigenvalue weighted by Gasteiger charge is 2.30. The summed E-state index contributed by atoms with van der Waals surface area (Å²) in [5.41, 5.74) is 0. The van der Waals surface area contributed by atoms with E-state index in [0.717, 1.165) is 180 Å². The second-order valence-electron chi connectivity index (χ2n) is 26.9. The molecule has 0 heterocycles. The molecule has 0 fully saturated rings. The quantitative estimate of drug-likeness (QED) is 0.0169. The lowest BCUT2D eigenvalue weighted by Gasteiger charge is -2.21. The third kappa shape index (κ3) is 81.4. The monoisotopic (exact) mass is 1600 g/mol. The summed E-state index contributed by atoms with van der Waals surface area (Å²) in [6, 6.07) is 0. The summed E-state index contributed by atoms with van der Waals surface area (Å²) in [6.45, 7) is 4.30. The first-order valence-corrected chi connectivity index (χ1v) is 45.0. The van der Waals surface area contributed by atoms with Gasteiger partial charge in [0.05, 0.1) is 26.4 Å². The van der Waals surface area contributed by atoms with Crippen LogP contribution >= 0.6 is 15.6 Å². The van der Waals surface area contributed by atoms with Gasteiger partial charge in [0.15, 0.2) is 12.2 Å². The Morgan fingerprint density at radius 3 is 0.777 bits per heavy atom. The van der Waals surface area contributed by atoms with Crippen LogP contribution < -0.4 is 0 Å². The van der Waals surface area contributed by atoms with Crippen molar-refractivity contribution in [1.82, 2.24) is 0 Å². The molecule has 0 saturated carbocycles. The average Bonchev–Trinajstić information content (AvgIpc) is 0.908. The van der Waals surface area contributed by atoms with Crippen LogP contribution in [0.15, 0.2) is 219 Å². The van der Waals surface area contributed by atoms with Gasteiger partial charge in [0, 0.05) is 25.7 Å². The Labute approximate surface area is 677 Å². The SMILES string of the molecule is CC/C=C\C/C=C\C/C=C\C/C=C\C/C=C\C/C=C\CCC(=O)OC[C@H](COP(=O)(O)OC[C@@H](O)COP(=O)(O)OC[C@@H](COC(=O)CCCCCCC/C=C\C/C=C\CCCCC)OC(=O)CCCCC/C=C\C/C=C\C/C=C\C/C=C\C/C=C\CC)OC(=O)CCCCC/C=C\C/C=C\C/C=C\C/C=C\C/C=C\CC. The van der Waals surface area contributed by atoms with E-state index in [2.05, 4.69) is 228 Å². The number of aliphatic hydroxyl groups excluding tert-OH is 1. The predicted octanol–water partition coefficient (Wildman–Crippen LogP) is 25.2. The van der Waals surface area contributed by atoms with Crippen molar-refractivity contribution in [3.63, 3.8) is 0 Å². The second-order valence-corrected chi connectivity index (χ2v) is 29.8. The number of ether oxygens (including phenoxy) is 4. The highest BCUT2D eigenvalue weighted by Crippen LogP contribution is 2.45. The standard InChI is InChI=1S/C93H146O17P2/c1-5-9-13-17-21-25-29-33-37-40-43-46-50-54-58-62-66-70-74-78-91(96)104-84-89(110-93(98)80-76-72-68-64-60-56-52-48-45-42-39-35-31-27-23-19-15-11-7-3)86-108-112(101,102)106-82-87(94)81-105-111(99,100)107-85-88(83-103-90(95)77-73-69-65-61-57-53-49-36-32-28-24-20-16-12-8-4)109-92(97)79-75-71-67-63-59-55-51-47-44-41-38-34-30-26-22-18-14-10-6-2/h9-11,13-15,21-28,33-39,43-49,54-56,58-60,66,70,87-89,94H,5-8,12,16-20,29-32,40-42,50-53,57,61-65,67-69,71-86H2,1-4H3,(H,99,100)(H,101,102)/b13-9-,14-10-,15-11-,25-21-,26-22-,27-23-,28-24-,37-33-,38-34-,39-35-,46-43-,47-44-,48-45-,49-36-,58-54-,59-55-,60-56-,70-66-/t87-,88+,89+/m0/s1. The van der Waals surface area contributed by atoms with E-state index in [4.69, 9.17) is 37.0 Å². The van der Waals surface area contributed by atoms with Crippen molar-refractivity contribution in [1.29, 1.82) is 0 Å². The minimum Gasteiger partial charge on any atom is -0.462 e. The van der Waals surface area contributed by atoms with Gasteiger partial charge in [-0.25, -0.2) is 9.13 Å². The smallest absolute Gasteiger partial charge is 0.462 e. The number of esters is 4. The van der Waals surface area contributed by atoms with Gasteiger partial charge in [0.25, 0.3) is 0 Å². The lowest BCUT2D eigenvalue weighted by molar-refractivity contribution is -0.161. The number of carbonyl (C=O) groups is 4. The molecule has 2 unspecified atom stereocenters. The highest BCUT2D eigenvalue weighted by atomic mass is 31.2. The topological polar surface area (TPSA) is 237 Å². The largest absolute Gasteiger partial charge is 0.472 e. The maximum absolute atomic E-state index is 13.1. The molecule has 0 aromatic carbocycles. The number of phosphoric acid groups is 2. The van der Waals surface area contributed by atoms with Gasteiger partial charge in [0.2, 0.25) is 0 Å². The molecule has 0 aromatic heterocycles. The van der Waals surface area contributed by atoms with Crippen LogP contribution in [0.1, 0.15) is 285 Å². The van der Waals surface area contributed by atoms with E-state index >= 15 is 0 Å². The van der Waals surface area contributed by atoms with Crippen molar-refractivity contribution in [3.05, 3.63) is 219 Å². The van der Waals surface area contributed by atoms with Gasteiger partial charge in [-0.15, -0.1) is 0 Å². The molecule has 0 radical (unpaired) electrons. The summed E-state index contributed by atoms with van der Waals surface area (Å²) < 4.78 is 68.6. The number of hydrogen-bond acceptors (Lipinski definition) is 15. The Hall–Kier alpha value is -6.62. The van der Waals surface area contributed by atoms with Gasteiger partial charge in [-0.1, -0.05) is 291 Å². The lowest BCUT2D eigenvalue weighted by Crippen LogP contribution is -2.30. The number of allylic oxidation sites excluding steroid dienone is 36. The summed E-state index contributed by atoms with van der Waals surface area (Å²) in [5.74, 6) is -2.39. The Morgan fingerprint density at radius 2 is 0.482 bits per heavy atom. The maximum atomic E-state index is 13.1. The minimum atomic E-state index is -5.02. The molecule has 3 N–H and O–H groups in total. The van der Waals surface area contributed by atoms with E-state index in [-0.39, 0.29) is 25.7 Å². The fraction of sp³-hybridized carbons (Fsp3) is 0.570. The molecule has 0 aliphatic carbocycles. The van der Waals surface area contributed by atoms with Crippen molar-refractivity contribution < 1.29 is 80.2 Å². The number of aliphatic hydroxyl groups is 1. The lowest BCUT2D eigenvalue weighted by atomic mass is 10.1. The summed E-state index contributed by atoms with van der Waals surface area (Å²) in [7, 11) is -10.0. The first-order chi connectivity index (χ1) is 54.7. The molecule has 0 amide bonds. The van der Waals surface area contributed by atoms with Crippen molar-refractivity contribution in [2.45, 2.75) is 303 Å². The van der Waals surface area contributed by atoms with E-state index in [9.17, 15) is 43.2 Å². The van der Waals surface area contributed by atoms with Gasteiger partial charge in [-0.3, -0.25) is 37.3 Å². The number of unbranched alkanes of at least 4 members (excludes halogenated alkanes) is 14. The number of hydrogen-bond donors (Lipinski definition) is 3. The predicted molar refractivity (Wildman–Crippen MR) is 463 cm³/mol. The van der Waals surface area contributed by atoms with E-state index in [1.54, 1.807) is 0 Å². The molecule has 0 spiro atoms. The molecule has 5 atom stereocenters. The summed E-state index contributed by atoms with van der Waals surface area (Å²) in [6.07, 6.45) is 105. The van der Waals surface area contributed by atoms with Gasteiger partial charge in [-0.2, -0.15) is 0 Å². The second kappa shape index (κ2) is 82.4. The van der Waals surface area contributed by atoms with Crippen LogP contribution in [0.25, 0.3) is 0 Å². The van der Waals surface area contributed by atoms with E-state index in [0.29, 0.717) is 32.1 Å². The molecular weight excluding hydrogens is 1450 g/mol. The fourth-order valence-electron chi connectivity index (χ4n) is 10.2. The third-order valence-electron chi connectivity index (χ3n) is 16.4. The number of rotatable bonds is 76. The molecule has 0 aliphatic heterocycles. The molecule has 17 nitrogen and oxygen atoms in total.